The molecule has 0 aliphatic heterocycles. The quantitative estimate of drug-likeness (QED) is 0.794. The number of rotatable bonds is 4. The molecule has 0 fully saturated rings. The van der Waals surface area contributed by atoms with Gasteiger partial charge in [0.1, 0.15) is 17.4 Å². The third-order valence-electron chi connectivity index (χ3n) is 1.94. The fraction of sp³-hybridized carbons (Fsp3) is 0.300. The molecule has 1 aromatic carbocycles. The van der Waals surface area contributed by atoms with E-state index in [1.54, 1.807) is 0 Å². The molecular formula is C10H9BrF2O3S. The molecule has 0 spiro atoms. The maximum Gasteiger partial charge on any atom is 0.154 e. The van der Waals surface area contributed by atoms with Crippen molar-refractivity contribution in [3.63, 3.8) is 0 Å². The van der Waals surface area contributed by atoms with Gasteiger partial charge in [0.25, 0.3) is 0 Å². The van der Waals surface area contributed by atoms with Gasteiger partial charge in [-0.3, -0.25) is 4.79 Å². The van der Waals surface area contributed by atoms with Gasteiger partial charge in [0.05, 0.1) is 4.47 Å². The van der Waals surface area contributed by atoms with E-state index in [2.05, 4.69) is 15.9 Å². The molecule has 0 amide bonds. The number of sulfone groups is 1. The minimum absolute atomic E-state index is 0.0288. The highest BCUT2D eigenvalue weighted by atomic mass is 79.9. The van der Waals surface area contributed by atoms with E-state index >= 15 is 0 Å². The van der Waals surface area contributed by atoms with Crippen LogP contribution in [0.15, 0.2) is 16.6 Å². The lowest BCUT2D eigenvalue weighted by molar-refractivity contribution is -0.116. The van der Waals surface area contributed by atoms with E-state index in [1.165, 1.54) is 6.07 Å². The minimum Gasteiger partial charge on any atom is -0.298 e. The number of carbonyl (C=O) groups excluding carboxylic acids is 1. The van der Waals surface area contributed by atoms with Crippen LogP contribution in [-0.4, -0.2) is 26.2 Å². The monoisotopic (exact) mass is 326 g/mol. The van der Waals surface area contributed by atoms with Crippen LogP contribution < -0.4 is 0 Å². The van der Waals surface area contributed by atoms with E-state index in [0.29, 0.717) is 0 Å². The maximum absolute atomic E-state index is 13.5. The Hall–Kier alpha value is -0.820. The number of hydrogen-bond donors (Lipinski definition) is 0. The van der Waals surface area contributed by atoms with E-state index in [4.69, 9.17) is 0 Å². The number of ketones is 1. The topological polar surface area (TPSA) is 51.2 Å². The SMILES string of the molecule is CS(=O)(=O)CC(=O)Cc1c(F)ccc(Br)c1F. The summed E-state index contributed by atoms with van der Waals surface area (Å²) < 4.78 is 48.5. The van der Waals surface area contributed by atoms with Gasteiger partial charge in [-0.2, -0.15) is 0 Å². The first-order chi connectivity index (χ1) is 7.70. The number of hydrogen-bond acceptors (Lipinski definition) is 3. The Morgan fingerprint density at radius 1 is 1.35 bits per heavy atom. The van der Waals surface area contributed by atoms with E-state index < -0.39 is 45.0 Å². The Balaban J connectivity index is 2.97. The van der Waals surface area contributed by atoms with E-state index in [9.17, 15) is 22.0 Å². The minimum atomic E-state index is -3.49. The first-order valence-electron chi connectivity index (χ1n) is 4.52. The van der Waals surface area contributed by atoms with Crippen molar-refractivity contribution in [1.29, 1.82) is 0 Å². The Morgan fingerprint density at radius 3 is 2.47 bits per heavy atom. The molecule has 0 N–H and O–H groups in total. The Morgan fingerprint density at radius 2 is 1.94 bits per heavy atom. The van der Waals surface area contributed by atoms with Gasteiger partial charge in [-0.15, -0.1) is 0 Å². The summed E-state index contributed by atoms with van der Waals surface area (Å²) in [6.07, 6.45) is 0.308. The van der Waals surface area contributed by atoms with E-state index in [-0.39, 0.29) is 4.47 Å². The molecule has 0 saturated carbocycles. The summed E-state index contributed by atoms with van der Waals surface area (Å²) in [7, 11) is -3.49. The zero-order valence-electron chi connectivity index (χ0n) is 8.84. The Labute approximate surface area is 106 Å². The molecule has 1 rings (SSSR count). The molecule has 3 nitrogen and oxygen atoms in total. The van der Waals surface area contributed by atoms with Crippen LogP contribution in [0.3, 0.4) is 0 Å². The normalized spacial score (nSPS) is 11.5. The molecule has 0 unspecified atom stereocenters. The number of benzene rings is 1. The number of carbonyl (C=O) groups is 1. The van der Waals surface area contributed by atoms with Crippen LogP contribution in [0.1, 0.15) is 5.56 Å². The smallest absolute Gasteiger partial charge is 0.154 e. The molecule has 0 aliphatic rings. The number of Topliss-reactive ketones (excluding diaryl/α,β-unsaturated/α-hetero) is 1. The van der Waals surface area contributed by atoms with E-state index in [1.807, 2.05) is 0 Å². The second-order valence-electron chi connectivity index (χ2n) is 3.61. The molecule has 7 heteroatoms. The molecule has 1 aromatic rings. The highest BCUT2D eigenvalue weighted by molar-refractivity contribution is 9.10. The number of halogens is 3. The van der Waals surface area contributed by atoms with Crippen LogP contribution >= 0.6 is 15.9 Å². The maximum atomic E-state index is 13.5. The molecule has 0 aromatic heterocycles. The van der Waals surface area contributed by atoms with Gasteiger partial charge in [0.2, 0.25) is 0 Å². The van der Waals surface area contributed by atoms with Gasteiger partial charge in [-0.05, 0) is 28.1 Å². The summed E-state index contributed by atoms with van der Waals surface area (Å²) in [6, 6.07) is 2.19. The lowest BCUT2D eigenvalue weighted by Gasteiger charge is -2.05. The van der Waals surface area contributed by atoms with Gasteiger partial charge >= 0.3 is 0 Å². The van der Waals surface area contributed by atoms with Crippen molar-refractivity contribution in [2.75, 3.05) is 12.0 Å². The van der Waals surface area contributed by atoms with Crippen LogP contribution in [0.4, 0.5) is 8.78 Å². The third-order valence-corrected chi connectivity index (χ3v) is 3.39. The molecule has 0 heterocycles. The largest absolute Gasteiger partial charge is 0.298 e. The van der Waals surface area contributed by atoms with Crippen molar-refractivity contribution in [3.8, 4) is 0 Å². The zero-order valence-corrected chi connectivity index (χ0v) is 11.2. The molecule has 0 saturated heterocycles. The van der Waals surface area contributed by atoms with Crippen LogP contribution in [0, 0.1) is 11.6 Å². The van der Waals surface area contributed by atoms with Gasteiger partial charge in [0.15, 0.2) is 15.6 Å². The highest BCUT2D eigenvalue weighted by Crippen LogP contribution is 2.22. The van der Waals surface area contributed by atoms with E-state index in [0.717, 1.165) is 12.3 Å². The summed E-state index contributed by atoms with van der Waals surface area (Å²) in [4.78, 5) is 11.3. The average Bonchev–Trinajstić information content (AvgIpc) is 2.16. The summed E-state index contributed by atoms with van der Waals surface area (Å²) >= 11 is 2.86. The highest BCUT2D eigenvalue weighted by Gasteiger charge is 2.18. The van der Waals surface area contributed by atoms with Crippen LogP contribution in [-0.2, 0) is 21.1 Å². The van der Waals surface area contributed by atoms with Crippen LogP contribution in [0.2, 0.25) is 0 Å². The molecule has 0 radical (unpaired) electrons. The van der Waals surface area contributed by atoms with Crippen molar-refractivity contribution < 1.29 is 22.0 Å². The lowest BCUT2D eigenvalue weighted by Crippen LogP contribution is -2.17. The van der Waals surface area contributed by atoms with Crippen molar-refractivity contribution in [3.05, 3.63) is 33.8 Å². The average molecular weight is 327 g/mol. The summed E-state index contributed by atoms with van der Waals surface area (Å²) in [5.41, 5.74) is -0.423. The third kappa shape index (κ3) is 4.16. The van der Waals surface area contributed by atoms with Crippen LogP contribution in [0.5, 0.6) is 0 Å². The van der Waals surface area contributed by atoms with Crippen molar-refractivity contribution in [1.82, 2.24) is 0 Å². The van der Waals surface area contributed by atoms with Crippen LogP contribution in [0.25, 0.3) is 0 Å². The van der Waals surface area contributed by atoms with Gasteiger partial charge in [0, 0.05) is 18.2 Å². The first-order valence-corrected chi connectivity index (χ1v) is 7.38. The second kappa shape index (κ2) is 5.22. The summed E-state index contributed by atoms with van der Waals surface area (Å²) in [6.45, 7) is 0. The van der Waals surface area contributed by atoms with Gasteiger partial charge in [-0.1, -0.05) is 0 Å². The lowest BCUT2D eigenvalue weighted by atomic mass is 10.1. The molecule has 0 atom stereocenters. The Bertz CT molecular complexity index is 555. The molecule has 94 valence electrons. The molecule has 17 heavy (non-hydrogen) atoms. The predicted octanol–water partition coefficient (Wildman–Crippen LogP) is 1.88. The Kier molecular flexibility index (Phi) is 4.37. The fourth-order valence-corrected chi connectivity index (χ4v) is 2.33. The molecule has 0 bridgehead atoms. The summed E-state index contributed by atoms with van der Waals surface area (Å²) in [5, 5.41) is 0. The molecular weight excluding hydrogens is 318 g/mol. The standard InChI is InChI=1S/C10H9BrF2O3S/c1-17(15,16)5-6(14)4-7-9(12)3-2-8(11)10(7)13/h2-3H,4-5H2,1H3. The fourth-order valence-electron chi connectivity index (χ4n) is 1.27. The van der Waals surface area contributed by atoms with Crippen molar-refractivity contribution in [2.45, 2.75) is 6.42 Å². The van der Waals surface area contributed by atoms with Gasteiger partial charge in [-0.25, -0.2) is 17.2 Å². The van der Waals surface area contributed by atoms with Gasteiger partial charge < -0.3 is 0 Å². The van der Waals surface area contributed by atoms with Crippen molar-refractivity contribution in [2.24, 2.45) is 0 Å². The predicted molar refractivity (Wildman–Crippen MR) is 62.5 cm³/mol. The van der Waals surface area contributed by atoms with Crippen molar-refractivity contribution >= 4 is 31.6 Å². The second-order valence-corrected chi connectivity index (χ2v) is 6.60. The zero-order chi connectivity index (χ0) is 13.2. The molecule has 0 aliphatic carbocycles. The first kappa shape index (κ1) is 14.2. The summed E-state index contributed by atoms with van der Waals surface area (Å²) in [5.74, 6) is -3.22.